The van der Waals surface area contributed by atoms with Crippen molar-refractivity contribution in [2.45, 2.75) is 13.5 Å². The molecule has 8 nitrogen and oxygen atoms in total. The number of carbonyl (C=O) groups excluding carboxylic acids is 1. The van der Waals surface area contributed by atoms with Crippen molar-refractivity contribution in [2.75, 3.05) is 31.1 Å². The van der Waals surface area contributed by atoms with Crippen molar-refractivity contribution in [3.63, 3.8) is 0 Å². The summed E-state index contributed by atoms with van der Waals surface area (Å²) in [6.45, 7) is 5.22. The quantitative estimate of drug-likeness (QED) is 0.894. The van der Waals surface area contributed by atoms with E-state index in [4.69, 9.17) is 0 Å². The summed E-state index contributed by atoms with van der Waals surface area (Å²) in [7, 11) is 0. The van der Waals surface area contributed by atoms with E-state index in [1.165, 1.54) is 11.5 Å². The van der Waals surface area contributed by atoms with Crippen LogP contribution in [0.2, 0.25) is 0 Å². The topological polar surface area (TPSA) is 87.1 Å². The fourth-order valence-corrected chi connectivity index (χ4v) is 2.85. The molecule has 116 valence electrons. The zero-order chi connectivity index (χ0) is 15.4. The lowest BCUT2D eigenvalue weighted by molar-refractivity contribution is 0.194. The first-order valence-corrected chi connectivity index (χ1v) is 7.83. The fourth-order valence-electron chi connectivity index (χ4n) is 2.27. The Labute approximate surface area is 132 Å². The Bertz CT molecular complexity index is 624. The van der Waals surface area contributed by atoms with Crippen LogP contribution in [0, 0.1) is 6.92 Å². The first-order valence-electron chi connectivity index (χ1n) is 7.05. The van der Waals surface area contributed by atoms with Gasteiger partial charge in [-0.3, -0.25) is 4.98 Å². The summed E-state index contributed by atoms with van der Waals surface area (Å²) in [5, 5.41) is 6.86. The Balaban J connectivity index is 1.49. The van der Waals surface area contributed by atoms with Crippen molar-refractivity contribution in [1.82, 2.24) is 29.8 Å². The van der Waals surface area contributed by atoms with E-state index in [1.54, 1.807) is 18.6 Å². The predicted molar refractivity (Wildman–Crippen MR) is 82.7 cm³/mol. The molecule has 22 heavy (non-hydrogen) atoms. The van der Waals surface area contributed by atoms with Gasteiger partial charge in [0.05, 0.1) is 23.3 Å². The zero-order valence-electron chi connectivity index (χ0n) is 12.3. The lowest BCUT2D eigenvalue weighted by atomic mass is 10.3. The van der Waals surface area contributed by atoms with E-state index in [2.05, 4.69) is 29.8 Å². The van der Waals surface area contributed by atoms with E-state index in [9.17, 15) is 4.79 Å². The molecule has 1 N–H and O–H groups in total. The number of hydrogen-bond acceptors (Lipinski definition) is 7. The second kappa shape index (κ2) is 6.65. The molecule has 9 heteroatoms. The Morgan fingerprint density at radius 1 is 1.32 bits per heavy atom. The van der Waals surface area contributed by atoms with Gasteiger partial charge in [-0.25, -0.2) is 9.78 Å². The molecule has 0 aliphatic carbocycles. The third kappa shape index (κ3) is 3.30. The molecule has 0 spiro atoms. The van der Waals surface area contributed by atoms with Gasteiger partial charge < -0.3 is 15.1 Å². The summed E-state index contributed by atoms with van der Waals surface area (Å²) >= 11 is 1.32. The second-order valence-corrected chi connectivity index (χ2v) is 5.82. The third-order valence-corrected chi connectivity index (χ3v) is 4.41. The van der Waals surface area contributed by atoms with E-state index >= 15 is 0 Å². The number of carbonyl (C=O) groups is 1. The van der Waals surface area contributed by atoms with Gasteiger partial charge in [-0.2, -0.15) is 0 Å². The number of amides is 2. The van der Waals surface area contributed by atoms with Crippen molar-refractivity contribution >= 4 is 23.4 Å². The van der Waals surface area contributed by atoms with Crippen molar-refractivity contribution < 1.29 is 4.79 Å². The highest BCUT2D eigenvalue weighted by Crippen LogP contribution is 2.12. The Morgan fingerprint density at radius 3 is 2.77 bits per heavy atom. The summed E-state index contributed by atoms with van der Waals surface area (Å²) in [4.78, 5) is 25.5. The molecule has 1 saturated heterocycles. The highest BCUT2D eigenvalue weighted by molar-refractivity contribution is 7.05. The van der Waals surface area contributed by atoms with Crippen molar-refractivity contribution in [1.29, 1.82) is 0 Å². The van der Waals surface area contributed by atoms with Crippen LogP contribution in [0.15, 0.2) is 18.6 Å². The third-order valence-electron chi connectivity index (χ3n) is 3.59. The van der Waals surface area contributed by atoms with Gasteiger partial charge in [0.2, 0.25) is 0 Å². The second-order valence-electron chi connectivity index (χ2n) is 4.98. The average molecular weight is 319 g/mol. The number of rotatable bonds is 3. The van der Waals surface area contributed by atoms with Gasteiger partial charge in [0.15, 0.2) is 0 Å². The molecule has 1 fully saturated rings. The molecule has 1 aliphatic rings. The Kier molecular flexibility index (Phi) is 4.42. The molecular formula is C13H17N7OS. The number of nitrogens with zero attached hydrogens (tertiary/aromatic N) is 6. The minimum atomic E-state index is -0.0494. The number of aromatic nitrogens is 4. The maximum Gasteiger partial charge on any atom is 0.317 e. The van der Waals surface area contributed by atoms with Crippen molar-refractivity contribution in [3.05, 3.63) is 29.2 Å². The number of urea groups is 1. The largest absolute Gasteiger partial charge is 0.352 e. The normalized spacial score (nSPS) is 15.0. The molecule has 2 amide bonds. The fraction of sp³-hybridized carbons (Fsp3) is 0.462. The van der Waals surface area contributed by atoms with Crippen LogP contribution in [0.5, 0.6) is 0 Å². The molecule has 0 radical (unpaired) electrons. The molecule has 0 bridgehead atoms. The van der Waals surface area contributed by atoms with Gasteiger partial charge in [-0.1, -0.05) is 4.49 Å². The van der Waals surface area contributed by atoms with Crippen LogP contribution in [-0.4, -0.2) is 56.7 Å². The first-order chi connectivity index (χ1) is 10.7. The molecular weight excluding hydrogens is 302 g/mol. The zero-order valence-corrected chi connectivity index (χ0v) is 13.1. The van der Waals surface area contributed by atoms with Gasteiger partial charge in [0.1, 0.15) is 5.82 Å². The molecule has 2 aromatic rings. The van der Waals surface area contributed by atoms with Crippen LogP contribution in [0.4, 0.5) is 10.6 Å². The van der Waals surface area contributed by atoms with Crippen LogP contribution >= 0.6 is 11.5 Å². The van der Waals surface area contributed by atoms with E-state index in [1.807, 2.05) is 11.8 Å². The molecule has 1 aliphatic heterocycles. The molecule has 3 rings (SSSR count). The molecule has 0 saturated carbocycles. The number of anilines is 1. The molecule has 0 aromatic carbocycles. The Hall–Kier alpha value is -2.29. The summed E-state index contributed by atoms with van der Waals surface area (Å²) in [5.74, 6) is 0.855. The van der Waals surface area contributed by atoms with Gasteiger partial charge in [0, 0.05) is 38.6 Å². The highest BCUT2D eigenvalue weighted by atomic mass is 32.1. The van der Waals surface area contributed by atoms with Crippen LogP contribution in [0.25, 0.3) is 0 Å². The maximum absolute atomic E-state index is 12.2. The number of piperazine rings is 1. The minimum absolute atomic E-state index is 0.0494. The van der Waals surface area contributed by atoms with E-state index in [-0.39, 0.29) is 6.03 Å². The Morgan fingerprint density at radius 2 is 2.14 bits per heavy atom. The number of nitrogens with one attached hydrogen (secondary N) is 1. The minimum Gasteiger partial charge on any atom is -0.352 e. The number of aryl methyl sites for hydroxylation is 1. The first kappa shape index (κ1) is 14.6. The van der Waals surface area contributed by atoms with Crippen LogP contribution in [0.1, 0.15) is 10.6 Å². The van der Waals surface area contributed by atoms with Crippen LogP contribution < -0.4 is 10.2 Å². The maximum atomic E-state index is 12.2. The highest BCUT2D eigenvalue weighted by Gasteiger charge is 2.22. The molecule has 3 heterocycles. The van der Waals surface area contributed by atoms with Crippen molar-refractivity contribution in [3.8, 4) is 0 Å². The van der Waals surface area contributed by atoms with E-state index < -0.39 is 0 Å². The van der Waals surface area contributed by atoms with E-state index in [0.29, 0.717) is 19.6 Å². The monoisotopic (exact) mass is 319 g/mol. The summed E-state index contributed by atoms with van der Waals surface area (Å²) in [6, 6.07) is -0.0494. The lowest BCUT2D eigenvalue weighted by Crippen LogP contribution is -2.51. The predicted octanol–water partition coefficient (Wildman–Crippen LogP) is 0.668. The van der Waals surface area contributed by atoms with Gasteiger partial charge in [-0.05, 0) is 18.5 Å². The summed E-state index contributed by atoms with van der Waals surface area (Å²) in [5.41, 5.74) is 0.873. The summed E-state index contributed by atoms with van der Waals surface area (Å²) in [6.07, 6.45) is 5.08. The molecule has 0 atom stereocenters. The number of hydrogen-bond donors (Lipinski definition) is 1. The van der Waals surface area contributed by atoms with Gasteiger partial charge in [-0.15, -0.1) is 5.10 Å². The van der Waals surface area contributed by atoms with Gasteiger partial charge >= 0.3 is 6.03 Å². The SMILES string of the molecule is Cc1nnsc1CNC(=O)N1CCN(c2cnccn2)CC1. The van der Waals surface area contributed by atoms with Crippen LogP contribution in [-0.2, 0) is 6.54 Å². The summed E-state index contributed by atoms with van der Waals surface area (Å²) < 4.78 is 3.86. The molecule has 2 aromatic heterocycles. The standard InChI is InChI=1S/C13H17N7OS/c1-10-11(22-18-17-10)8-16-13(21)20-6-4-19(5-7-20)12-9-14-2-3-15-12/h2-3,9H,4-8H2,1H3,(H,16,21). The van der Waals surface area contributed by atoms with Crippen LogP contribution in [0.3, 0.4) is 0 Å². The lowest BCUT2D eigenvalue weighted by Gasteiger charge is -2.35. The van der Waals surface area contributed by atoms with Crippen molar-refractivity contribution in [2.24, 2.45) is 0 Å². The van der Waals surface area contributed by atoms with Gasteiger partial charge in [0.25, 0.3) is 0 Å². The van der Waals surface area contributed by atoms with E-state index in [0.717, 1.165) is 29.5 Å². The molecule has 0 unspecified atom stereocenters. The smallest absolute Gasteiger partial charge is 0.317 e. The average Bonchev–Trinajstić information content (AvgIpc) is 2.99.